The summed E-state index contributed by atoms with van der Waals surface area (Å²) in [7, 11) is -2.33. The predicted octanol–water partition coefficient (Wildman–Crippen LogP) is 1.97. The number of amidine groups is 1. The fraction of sp³-hybridized carbons (Fsp3) is 0.118. The molecule has 1 aromatic carbocycles. The van der Waals surface area contributed by atoms with Crippen molar-refractivity contribution in [3.05, 3.63) is 53.1 Å². The first-order chi connectivity index (χ1) is 13.3. The fourth-order valence-corrected chi connectivity index (χ4v) is 4.01. The minimum Gasteiger partial charge on any atom is -0.451 e. The molecule has 0 atom stereocenters. The zero-order valence-corrected chi connectivity index (χ0v) is 16.7. The lowest BCUT2D eigenvalue weighted by molar-refractivity contribution is 0.565. The summed E-state index contributed by atoms with van der Waals surface area (Å²) in [5.41, 5.74) is 12.2. The lowest BCUT2D eigenvalue weighted by Crippen LogP contribution is -2.31. The van der Waals surface area contributed by atoms with Crippen LogP contribution in [0.15, 0.2) is 61.1 Å². The van der Waals surface area contributed by atoms with Gasteiger partial charge in [0, 0.05) is 12.4 Å². The van der Waals surface area contributed by atoms with Crippen LogP contribution in [0.25, 0.3) is 11.5 Å². The molecule has 2 heterocycles. The maximum Gasteiger partial charge on any atom is 0.263 e. The smallest absolute Gasteiger partial charge is 0.263 e. The van der Waals surface area contributed by atoms with Crippen molar-refractivity contribution in [3.63, 3.8) is 0 Å². The van der Waals surface area contributed by atoms with Crippen molar-refractivity contribution in [2.24, 2.45) is 21.5 Å². The number of sulfonamides is 1. The number of guanidine groups is 1. The normalized spacial score (nSPS) is 12.0. The van der Waals surface area contributed by atoms with Crippen molar-refractivity contribution in [2.45, 2.75) is 11.8 Å². The zero-order valence-electron chi connectivity index (χ0n) is 15.1. The quantitative estimate of drug-likeness (QED) is 0.426. The Balaban J connectivity index is 1.83. The first kappa shape index (κ1) is 19.6. The van der Waals surface area contributed by atoms with Crippen LogP contribution in [0.1, 0.15) is 11.3 Å². The van der Waals surface area contributed by atoms with Gasteiger partial charge < -0.3 is 15.9 Å². The number of nitrogens with two attached hydrogens (primary N) is 2. The molecule has 0 unspecified atom stereocenters. The van der Waals surface area contributed by atoms with Crippen molar-refractivity contribution in [2.75, 3.05) is 7.05 Å². The minimum atomic E-state index is -3.80. The maximum atomic E-state index is 12.6. The summed E-state index contributed by atoms with van der Waals surface area (Å²) < 4.78 is 33.3. The van der Waals surface area contributed by atoms with Gasteiger partial charge in [-0.3, -0.25) is 9.71 Å². The van der Waals surface area contributed by atoms with Gasteiger partial charge in [-0.1, -0.05) is 17.7 Å². The Bertz CT molecular complexity index is 1140. The highest BCUT2D eigenvalue weighted by atomic mass is 32.2. The molecular weight excluding hydrogens is 400 g/mol. The maximum absolute atomic E-state index is 12.6. The third-order valence-electron chi connectivity index (χ3n) is 3.59. The molecular formula is C17H18N6O3S2. The number of hydrogen-bond donors (Lipinski definition) is 3. The lowest BCUT2D eigenvalue weighted by Gasteiger charge is -2.09. The lowest BCUT2D eigenvalue weighted by atomic mass is 10.2. The van der Waals surface area contributed by atoms with Crippen LogP contribution in [-0.2, 0) is 10.0 Å². The van der Waals surface area contributed by atoms with Gasteiger partial charge in [0.15, 0.2) is 23.3 Å². The Morgan fingerprint density at radius 3 is 2.54 bits per heavy atom. The van der Waals surface area contributed by atoms with Gasteiger partial charge in [0.2, 0.25) is 5.13 Å². The first-order valence-corrected chi connectivity index (χ1v) is 10.4. The number of furan rings is 1. The van der Waals surface area contributed by atoms with E-state index in [4.69, 9.17) is 15.9 Å². The van der Waals surface area contributed by atoms with E-state index in [9.17, 15) is 8.42 Å². The van der Waals surface area contributed by atoms with Gasteiger partial charge in [0.1, 0.15) is 5.69 Å². The molecule has 3 rings (SSSR count). The highest BCUT2D eigenvalue weighted by Crippen LogP contribution is 2.28. The molecule has 0 aliphatic rings. The second-order valence-corrected chi connectivity index (χ2v) is 8.23. The summed E-state index contributed by atoms with van der Waals surface area (Å²) >= 11 is 1.24. The van der Waals surface area contributed by atoms with E-state index in [1.165, 1.54) is 30.5 Å². The number of aryl methyl sites for hydroxylation is 1. The van der Waals surface area contributed by atoms with Crippen molar-refractivity contribution in [1.29, 1.82) is 0 Å². The van der Waals surface area contributed by atoms with Gasteiger partial charge in [-0.15, -0.1) is 11.3 Å². The highest BCUT2D eigenvalue weighted by molar-refractivity contribution is 7.90. The predicted molar refractivity (Wildman–Crippen MR) is 109 cm³/mol. The van der Waals surface area contributed by atoms with Crippen molar-refractivity contribution < 1.29 is 12.8 Å². The van der Waals surface area contributed by atoms with E-state index < -0.39 is 10.0 Å². The molecule has 0 fully saturated rings. The molecule has 3 aromatic rings. The molecule has 0 saturated heterocycles. The van der Waals surface area contributed by atoms with Crippen LogP contribution in [-0.4, -0.2) is 32.2 Å². The molecule has 0 aliphatic heterocycles. The van der Waals surface area contributed by atoms with Gasteiger partial charge in [-0.2, -0.15) is 4.99 Å². The average molecular weight is 419 g/mol. The van der Waals surface area contributed by atoms with E-state index in [1.54, 1.807) is 29.6 Å². The van der Waals surface area contributed by atoms with Crippen molar-refractivity contribution in [1.82, 2.24) is 9.71 Å². The Labute approximate surface area is 165 Å². The molecule has 0 spiro atoms. The Morgan fingerprint density at radius 2 is 1.89 bits per heavy atom. The van der Waals surface area contributed by atoms with Gasteiger partial charge in [-0.05, 0) is 31.2 Å². The molecule has 28 heavy (non-hydrogen) atoms. The molecule has 0 radical (unpaired) electrons. The third-order valence-corrected chi connectivity index (χ3v) is 5.68. The van der Waals surface area contributed by atoms with E-state index in [-0.39, 0.29) is 22.5 Å². The van der Waals surface area contributed by atoms with Gasteiger partial charge in [0.25, 0.3) is 10.0 Å². The van der Waals surface area contributed by atoms with Crippen LogP contribution in [0, 0.1) is 6.92 Å². The Hall–Kier alpha value is -3.18. The van der Waals surface area contributed by atoms with Gasteiger partial charge in [-0.25, -0.2) is 13.4 Å². The number of aliphatic imine (C=N–C) groups is 2. The number of thiazole rings is 1. The zero-order chi connectivity index (χ0) is 20.3. The number of nitrogens with zero attached hydrogens (tertiary/aromatic N) is 3. The summed E-state index contributed by atoms with van der Waals surface area (Å²) in [5, 5.41) is 2.11. The molecule has 0 aliphatic carbocycles. The summed E-state index contributed by atoms with van der Waals surface area (Å²) in [6.45, 7) is 1.88. The van der Waals surface area contributed by atoms with Crippen LogP contribution in [0.4, 0.5) is 5.13 Å². The number of aromatic nitrogens is 1. The second kappa shape index (κ2) is 7.82. The number of benzene rings is 1. The SMILES string of the molecule is CN=C(NS(=O)(=O)c1ccc(C)cc1)c1ccc(-c2csc(N=C(N)N)n2)o1. The Morgan fingerprint density at radius 1 is 1.18 bits per heavy atom. The molecule has 0 bridgehead atoms. The van der Waals surface area contributed by atoms with Crippen LogP contribution < -0.4 is 16.2 Å². The summed E-state index contributed by atoms with van der Waals surface area (Å²) in [6, 6.07) is 9.76. The van der Waals surface area contributed by atoms with E-state index >= 15 is 0 Å². The minimum absolute atomic E-state index is 0.0755. The molecule has 0 saturated carbocycles. The number of rotatable bonds is 5. The van der Waals surface area contributed by atoms with Crippen molar-refractivity contribution >= 4 is 38.3 Å². The summed E-state index contributed by atoms with van der Waals surface area (Å²) in [4.78, 5) is 12.3. The van der Waals surface area contributed by atoms with Crippen LogP contribution >= 0.6 is 11.3 Å². The topological polar surface area (TPSA) is 149 Å². The summed E-state index contributed by atoms with van der Waals surface area (Å²) in [5.74, 6) is 0.669. The van der Waals surface area contributed by atoms with E-state index in [0.29, 0.717) is 16.6 Å². The first-order valence-electron chi connectivity index (χ1n) is 8.00. The summed E-state index contributed by atoms with van der Waals surface area (Å²) in [6.07, 6.45) is 0. The largest absolute Gasteiger partial charge is 0.451 e. The van der Waals surface area contributed by atoms with Crippen molar-refractivity contribution in [3.8, 4) is 11.5 Å². The highest BCUT2D eigenvalue weighted by Gasteiger charge is 2.20. The van der Waals surface area contributed by atoms with Gasteiger partial charge in [0.05, 0.1) is 4.90 Å². The fourth-order valence-electron chi connectivity index (χ4n) is 2.25. The number of nitrogens with one attached hydrogen (secondary N) is 1. The molecule has 11 heteroatoms. The van der Waals surface area contributed by atoms with Crippen LogP contribution in [0.5, 0.6) is 0 Å². The molecule has 146 valence electrons. The standard InChI is InChI=1S/C17H18N6O3S2/c1-10-3-5-11(6-4-10)28(24,25)23-15(20-2)14-8-7-13(26-14)12-9-27-17(21-12)22-16(18)19/h3-9H,1-2H3,(H,20,23)(H4,18,19,21,22). The van der Waals surface area contributed by atoms with Crippen LogP contribution in [0.3, 0.4) is 0 Å². The van der Waals surface area contributed by atoms with E-state index in [0.717, 1.165) is 5.56 Å². The molecule has 2 aromatic heterocycles. The van der Waals surface area contributed by atoms with E-state index in [2.05, 4.69) is 19.7 Å². The van der Waals surface area contributed by atoms with Gasteiger partial charge >= 0.3 is 0 Å². The third kappa shape index (κ3) is 4.38. The number of hydrogen-bond acceptors (Lipinski definition) is 7. The van der Waals surface area contributed by atoms with Crippen LogP contribution in [0.2, 0.25) is 0 Å². The monoisotopic (exact) mass is 418 g/mol. The molecule has 0 amide bonds. The Kier molecular flexibility index (Phi) is 5.47. The average Bonchev–Trinajstić information content (AvgIpc) is 3.29. The molecule has 9 nitrogen and oxygen atoms in total. The van der Waals surface area contributed by atoms with E-state index in [1.807, 2.05) is 6.92 Å². The second-order valence-electron chi connectivity index (χ2n) is 5.71. The molecule has 5 N–H and O–H groups in total.